The Morgan fingerprint density at radius 1 is 1.09 bits per heavy atom. The monoisotopic (exact) mass is 444 g/mol. The van der Waals surface area contributed by atoms with E-state index in [2.05, 4.69) is 46.5 Å². The Labute approximate surface area is 195 Å². The van der Waals surface area contributed by atoms with Gasteiger partial charge in [0.25, 0.3) is 5.91 Å². The van der Waals surface area contributed by atoms with Gasteiger partial charge in [0.2, 0.25) is 0 Å². The van der Waals surface area contributed by atoms with Crippen molar-refractivity contribution in [3.63, 3.8) is 0 Å². The molecule has 1 aromatic heterocycles. The number of aromatic nitrogens is 2. The molecule has 0 saturated carbocycles. The largest absolute Gasteiger partial charge is 0.370 e. The number of ether oxygens (including phenoxy) is 1. The molecule has 0 radical (unpaired) electrons. The molecule has 33 heavy (non-hydrogen) atoms. The first-order valence-electron chi connectivity index (χ1n) is 11.9. The van der Waals surface area contributed by atoms with Crippen molar-refractivity contribution in [2.45, 2.75) is 50.9 Å². The predicted molar refractivity (Wildman–Crippen MR) is 128 cm³/mol. The van der Waals surface area contributed by atoms with E-state index in [0.29, 0.717) is 12.1 Å². The molecular formula is C27H32N4O2. The molecule has 2 saturated heterocycles. The summed E-state index contributed by atoms with van der Waals surface area (Å²) >= 11 is 0. The van der Waals surface area contributed by atoms with E-state index in [4.69, 9.17) is 4.74 Å². The van der Waals surface area contributed by atoms with Crippen molar-refractivity contribution >= 4 is 5.91 Å². The molecule has 5 rings (SSSR count). The highest BCUT2D eigenvalue weighted by Crippen LogP contribution is 2.39. The van der Waals surface area contributed by atoms with Gasteiger partial charge < -0.3 is 10.1 Å². The fourth-order valence-electron chi connectivity index (χ4n) is 5.05. The molecule has 2 aromatic carbocycles. The Balaban J connectivity index is 1.09. The normalized spacial score (nSPS) is 20.2. The van der Waals surface area contributed by atoms with Gasteiger partial charge in [-0.1, -0.05) is 24.3 Å². The summed E-state index contributed by atoms with van der Waals surface area (Å²) in [6, 6.07) is 18.0. The number of carbonyl (C=O) groups excluding carboxylic acids is 1. The SMILES string of the molecule is Cc1ccccc1CN1CCC2(CCC(CNC(=O)c3ccc(-n4cccn4)cc3)O2)CC1. The quantitative estimate of drug-likeness (QED) is 0.621. The van der Waals surface area contributed by atoms with Crippen LogP contribution in [0.25, 0.3) is 5.69 Å². The number of piperidine rings is 1. The van der Waals surface area contributed by atoms with Gasteiger partial charge in [-0.3, -0.25) is 9.69 Å². The van der Waals surface area contributed by atoms with Gasteiger partial charge in [0.1, 0.15) is 0 Å². The van der Waals surface area contributed by atoms with Crippen molar-refractivity contribution in [3.05, 3.63) is 83.7 Å². The molecule has 0 aliphatic carbocycles. The minimum atomic E-state index is -0.0559. The molecule has 1 atom stereocenters. The lowest BCUT2D eigenvalue weighted by Crippen LogP contribution is -2.45. The number of hydrogen-bond donors (Lipinski definition) is 1. The zero-order valence-electron chi connectivity index (χ0n) is 19.2. The third kappa shape index (κ3) is 5.02. The lowest BCUT2D eigenvalue weighted by molar-refractivity contribution is -0.0764. The van der Waals surface area contributed by atoms with Gasteiger partial charge in [-0.25, -0.2) is 4.68 Å². The number of nitrogens with zero attached hydrogens (tertiary/aromatic N) is 3. The number of nitrogens with one attached hydrogen (secondary N) is 1. The summed E-state index contributed by atoms with van der Waals surface area (Å²) in [5, 5.41) is 7.28. The van der Waals surface area contributed by atoms with Crippen LogP contribution in [-0.4, -0.2) is 51.9 Å². The second-order valence-corrected chi connectivity index (χ2v) is 9.37. The van der Waals surface area contributed by atoms with Crippen molar-refractivity contribution in [1.29, 1.82) is 0 Å². The highest BCUT2D eigenvalue weighted by molar-refractivity contribution is 5.94. The van der Waals surface area contributed by atoms with Gasteiger partial charge in [0.15, 0.2) is 0 Å². The third-order valence-corrected chi connectivity index (χ3v) is 7.15. The van der Waals surface area contributed by atoms with Crippen molar-refractivity contribution in [3.8, 4) is 5.69 Å². The zero-order valence-corrected chi connectivity index (χ0v) is 19.2. The summed E-state index contributed by atoms with van der Waals surface area (Å²) < 4.78 is 8.29. The summed E-state index contributed by atoms with van der Waals surface area (Å²) in [6.07, 6.45) is 7.95. The predicted octanol–water partition coefficient (Wildman–Crippen LogP) is 4.12. The maximum atomic E-state index is 12.6. The smallest absolute Gasteiger partial charge is 0.251 e. The number of carbonyl (C=O) groups is 1. The molecule has 6 heteroatoms. The second kappa shape index (κ2) is 9.49. The third-order valence-electron chi connectivity index (χ3n) is 7.15. The van der Waals surface area contributed by atoms with Gasteiger partial charge in [0.05, 0.1) is 17.4 Å². The van der Waals surface area contributed by atoms with E-state index in [0.717, 1.165) is 51.0 Å². The molecule has 6 nitrogen and oxygen atoms in total. The number of benzene rings is 2. The van der Waals surface area contributed by atoms with Crippen LogP contribution >= 0.6 is 0 Å². The number of hydrogen-bond acceptors (Lipinski definition) is 4. The van der Waals surface area contributed by atoms with Crippen LogP contribution < -0.4 is 5.32 Å². The molecule has 3 heterocycles. The maximum absolute atomic E-state index is 12.6. The van der Waals surface area contributed by atoms with Crippen molar-refractivity contribution in [2.24, 2.45) is 0 Å². The second-order valence-electron chi connectivity index (χ2n) is 9.37. The molecule has 1 unspecified atom stereocenters. The van der Waals surface area contributed by atoms with E-state index in [9.17, 15) is 4.79 Å². The zero-order chi connectivity index (χ0) is 22.7. The average molecular weight is 445 g/mol. The van der Waals surface area contributed by atoms with Crippen molar-refractivity contribution in [1.82, 2.24) is 20.0 Å². The Kier molecular flexibility index (Phi) is 6.29. The van der Waals surface area contributed by atoms with Crippen LogP contribution in [0.15, 0.2) is 67.0 Å². The first-order chi connectivity index (χ1) is 16.1. The van der Waals surface area contributed by atoms with Gasteiger partial charge in [-0.05, 0) is 74.1 Å². The topological polar surface area (TPSA) is 59.4 Å². The highest BCUT2D eigenvalue weighted by atomic mass is 16.5. The maximum Gasteiger partial charge on any atom is 0.251 e. The first-order valence-corrected chi connectivity index (χ1v) is 11.9. The molecule has 1 N–H and O–H groups in total. The lowest BCUT2D eigenvalue weighted by atomic mass is 9.88. The molecule has 2 aliphatic rings. The molecule has 3 aromatic rings. The van der Waals surface area contributed by atoms with E-state index < -0.39 is 0 Å². The Morgan fingerprint density at radius 2 is 1.88 bits per heavy atom. The molecular weight excluding hydrogens is 412 g/mol. The van der Waals surface area contributed by atoms with Gasteiger partial charge in [0, 0.05) is 44.1 Å². The summed E-state index contributed by atoms with van der Waals surface area (Å²) in [7, 11) is 0. The van der Waals surface area contributed by atoms with Gasteiger partial charge in [-0.2, -0.15) is 5.10 Å². The van der Waals surface area contributed by atoms with Crippen LogP contribution in [0.4, 0.5) is 0 Å². The van der Waals surface area contributed by atoms with Crippen LogP contribution in [0.3, 0.4) is 0 Å². The van der Waals surface area contributed by atoms with E-state index in [1.54, 1.807) is 10.9 Å². The highest BCUT2D eigenvalue weighted by Gasteiger charge is 2.42. The van der Waals surface area contributed by atoms with Crippen molar-refractivity contribution in [2.75, 3.05) is 19.6 Å². The number of amides is 1. The Hall–Kier alpha value is -2.96. The van der Waals surface area contributed by atoms with Crippen LogP contribution in [0.1, 0.15) is 47.2 Å². The molecule has 2 aliphatic heterocycles. The van der Waals surface area contributed by atoms with Crippen LogP contribution in [0, 0.1) is 6.92 Å². The van der Waals surface area contributed by atoms with Gasteiger partial charge in [-0.15, -0.1) is 0 Å². The Morgan fingerprint density at radius 3 is 2.61 bits per heavy atom. The standard InChI is InChI=1S/C27H32N4O2/c1-21-5-2-3-6-23(21)20-30-17-13-27(14-18-30)12-11-25(33-27)19-28-26(32)22-7-9-24(10-8-22)31-16-4-15-29-31/h2-10,15-16,25H,11-14,17-20H2,1H3,(H,28,32). The summed E-state index contributed by atoms with van der Waals surface area (Å²) in [6.45, 7) is 5.90. The average Bonchev–Trinajstić information content (AvgIpc) is 3.52. The minimum Gasteiger partial charge on any atom is -0.370 e. The van der Waals surface area contributed by atoms with Crippen molar-refractivity contribution < 1.29 is 9.53 Å². The minimum absolute atomic E-state index is 0.0109. The van der Waals surface area contributed by atoms with Gasteiger partial charge >= 0.3 is 0 Å². The van der Waals surface area contributed by atoms with E-state index >= 15 is 0 Å². The lowest BCUT2D eigenvalue weighted by Gasteiger charge is -2.39. The molecule has 1 spiro atoms. The summed E-state index contributed by atoms with van der Waals surface area (Å²) in [5.74, 6) is -0.0559. The summed E-state index contributed by atoms with van der Waals surface area (Å²) in [4.78, 5) is 15.2. The Bertz CT molecular complexity index is 1070. The summed E-state index contributed by atoms with van der Waals surface area (Å²) in [5.41, 5.74) is 4.36. The molecule has 1 amide bonds. The molecule has 0 bridgehead atoms. The number of rotatable bonds is 6. The fourth-order valence-corrected chi connectivity index (χ4v) is 5.05. The van der Waals surface area contributed by atoms with E-state index in [1.165, 1.54) is 11.1 Å². The fraction of sp³-hybridized carbons (Fsp3) is 0.407. The van der Waals surface area contributed by atoms with E-state index in [-0.39, 0.29) is 17.6 Å². The number of aryl methyl sites for hydroxylation is 1. The van der Waals surface area contributed by atoms with Crippen LogP contribution in [0.5, 0.6) is 0 Å². The number of likely N-dealkylation sites (tertiary alicyclic amines) is 1. The first kappa shape index (κ1) is 21.9. The van der Waals surface area contributed by atoms with E-state index in [1.807, 2.05) is 36.5 Å². The van der Waals surface area contributed by atoms with Crippen LogP contribution in [0.2, 0.25) is 0 Å². The molecule has 172 valence electrons. The van der Waals surface area contributed by atoms with Crippen LogP contribution in [-0.2, 0) is 11.3 Å². The molecule has 2 fully saturated rings.